The van der Waals surface area contributed by atoms with Crippen LogP contribution in [0.4, 0.5) is 0 Å². The maximum absolute atomic E-state index is 2.50. The SMILES string of the molecule is CC1=C(CCC(C)[N+](C)(C)CCC[N+](C)(C)C(C)CCC2=C(C)CCCC2(C)C)C(C)(C)CCC1.[Br-].[Br-]. The molecular weight excluding hydrogens is 584 g/mol. The zero-order chi connectivity index (χ0) is 26.7. The van der Waals surface area contributed by atoms with Gasteiger partial charge in [0.1, 0.15) is 0 Å². The fourth-order valence-electron chi connectivity index (χ4n) is 7.19. The molecule has 2 aliphatic rings. The Labute approximate surface area is 254 Å². The molecule has 0 radical (unpaired) electrons. The van der Waals surface area contributed by atoms with Gasteiger partial charge in [-0.3, -0.25) is 0 Å². The largest absolute Gasteiger partial charge is 1.00 e. The molecule has 0 aromatic rings. The summed E-state index contributed by atoms with van der Waals surface area (Å²) in [5, 5.41) is 0. The maximum atomic E-state index is 2.50. The van der Waals surface area contributed by atoms with Crippen LogP contribution in [-0.2, 0) is 0 Å². The van der Waals surface area contributed by atoms with Gasteiger partial charge in [0.05, 0.1) is 53.4 Å². The number of halogens is 2. The van der Waals surface area contributed by atoms with Crippen LogP contribution in [0.2, 0.25) is 0 Å². The Kier molecular flexibility index (Phi) is 15.0. The molecule has 0 saturated heterocycles. The Morgan fingerprint density at radius 1 is 0.649 bits per heavy atom. The summed E-state index contributed by atoms with van der Waals surface area (Å²) in [6, 6.07) is 1.43. The van der Waals surface area contributed by atoms with Gasteiger partial charge in [-0.2, -0.15) is 0 Å². The molecule has 37 heavy (non-hydrogen) atoms. The zero-order valence-corrected chi connectivity index (χ0v) is 30.2. The van der Waals surface area contributed by atoms with Crippen molar-refractivity contribution >= 4 is 0 Å². The van der Waals surface area contributed by atoms with Crippen LogP contribution in [0.1, 0.15) is 126 Å². The minimum atomic E-state index is 0. The number of hydrogen-bond donors (Lipinski definition) is 0. The van der Waals surface area contributed by atoms with Gasteiger partial charge < -0.3 is 42.9 Å². The van der Waals surface area contributed by atoms with E-state index in [1.807, 2.05) is 0 Å². The van der Waals surface area contributed by atoms with Crippen molar-refractivity contribution in [2.45, 2.75) is 138 Å². The zero-order valence-electron chi connectivity index (χ0n) is 27.0. The molecule has 220 valence electrons. The van der Waals surface area contributed by atoms with Crippen LogP contribution in [-0.4, -0.2) is 62.3 Å². The van der Waals surface area contributed by atoms with Gasteiger partial charge in [0, 0.05) is 19.3 Å². The average molecular weight is 649 g/mol. The highest BCUT2D eigenvalue weighted by Crippen LogP contribution is 2.43. The maximum Gasteiger partial charge on any atom is 0.0860 e. The van der Waals surface area contributed by atoms with E-state index in [9.17, 15) is 0 Å². The first-order valence-electron chi connectivity index (χ1n) is 15.0. The highest BCUT2D eigenvalue weighted by molar-refractivity contribution is 5.23. The van der Waals surface area contributed by atoms with Crippen molar-refractivity contribution < 1.29 is 42.9 Å². The number of hydrogen-bond acceptors (Lipinski definition) is 0. The monoisotopic (exact) mass is 646 g/mol. The van der Waals surface area contributed by atoms with E-state index in [-0.39, 0.29) is 34.0 Å². The molecule has 0 N–H and O–H groups in total. The minimum Gasteiger partial charge on any atom is -1.00 e. The van der Waals surface area contributed by atoms with Crippen LogP contribution in [0.25, 0.3) is 0 Å². The Balaban J connectivity index is 0.00000648. The molecule has 2 aliphatic carbocycles. The molecule has 0 saturated carbocycles. The Morgan fingerprint density at radius 3 is 1.27 bits per heavy atom. The lowest BCUT2D eigenvalue weighted by Gasteiger charge is -2.41. The molecule has 0 aromatic heterocycles. The van der Waals surface area contributed by atoms with Gasteiger partial charge in [-0.15, -0.1) is 0 Å². The fourth-order valence-corrected chi connectivity index (χ4v) is 7.19. The van der Waals surface area contributed by atoms with Crippen LogP contribution in [0, 0.1) is 10.8 Å². The van der Waals surface area contributed by atoms with Gasteiger partial charge in [-0.1, -0.05) is 50.0 Å². The summed E-state index contributed by atoms with van der Waals surface area (Å²) < 4.78 is 2.31. The van der Waals surface area contributed by atoms with Gasteiger partial charge in [0.25, 0.3) is 0 Å². The van der Waals surface area contributed by atoms with Crippen molar-refractivity contribution in [1.29, 1.82) is 0 Å². The molecular formula is C33H64Br2N2. The molecule has 0 aliphatic heterocycles. The van der Waals surface area contributed by atoms with Gasteiger partial charge in [0.15, 0.2) is 0 Å². The Morgan fingerprint density at radius 2 is 0.973 bits per heavy atom. The van der Waals surface area contributed by atoms with Crippen molar-refractivity contribution in [2.75, 3.05) is 41.3 Å². The van der Waals surface area contributed by atoms with E-state index in [1.54, 1.807) is 22.3 Å². The van der Waals surface area contributed by atoms with E-state index in [2.05, 4.69) is 83.6 Å². The molecule has 0 fully saturated rings. The molecule has 2 unspecified atom stereocenters. The summed E-state index contributed by atoms with van der Waals surface area (Å²) in [5.74, 6) is 0. The fraction of sp³-hybridized carbons (Fsp3) is 0.879. The van der Waals surface area contributed by atoms with Gasteiger partial charge in [0.2, 0.25) is 0 Å². The molecule has 0 heterocycles. The third kappa shape index (κ3) is 10.4. The van der Waals surface area contributed by atoms with E-state index in [1.165, 1.54) is 83.7 Å². The first-order valence-corrected chi connectivity index (χ1v) is 15.0. The molecule has 0 amide bonds. The molecule has 0 bridgehead atoms. The standard InChI is InChI=1S/C33H64N2.2BrH/c1-26-16-13-22-32(5,6)30(26)20-18-28(3)34(9,10)24-15-25-35(11,12)29(4)19-21-31-27(2)17-14-23-33(31,7)8;;/h28-29H,13-25H2,1-12H3;2*1H/q+2;;/p-2. The van der Waals surface area contributed by atoms with Crippen molar-refractivity contribution in [2.24, 2.45) is 10.8 Å². The lowest BCUT2D eigenvalue weighted by Crippen LogP contribution is -3.00. The number of quaternary nitrogens is 2. The van der Waals surface area contributed by atoms with E-state index in [0.29, 0.717) is 22.9 Å². The molecule has 2 atom stereocenters. The van der Waals surface area contributed by atoms with Crippen LogP contribution < -0.4 is 34.0 Å². The summed E-state index contributed by atoms with van der Waals surface area (Å²) in [4.78, 5) is 0. The van der Waals surface area contributed by atoms with Gasteiger partial charge >= 0.3 is 0 Å². The van der Waals surface area contributed by atoms with Gasteiger partial charge in [-0.25, -0.2) is 0 Å². The molecule has 0 aromatic carbocycles. The van der Waals surface area contributed by atoms with E-state index in [4.69, 9.17) is 0 Å². The van der Waals surface area contributed by atoms with E-state index >= 15 is 0 Å². The summed E-state index contributed by atoms with van der Waals surface area (Å²) in [6.07, 6.45) is 14.7. The van der Waals surface area contributed by atoms with Gasteiger partial charge in [-0.05, 0) is 89.9 Å². The number of nitrogens with zero attached hydrogens (tertiary/aromatic N) is 2. The Hall–Kier alpha value is 0.360. The van der Waals surface area contributed by atoms with Crippen LogP contribution in [0.15, 0.2) is 22.3 Å². The van der Waals surface area contributed by atoms with E-state index in [0.717, 1.165) is 8.97 Å². The topological polar surface area (TPSA) is 0 Å². The summed E-state index contributed by atoms with van der Waals surface area (Å²) >= 11 is 0. The quantitative estimate of drug-likeness (QED) is 0.226. The minimum absolute atomic E-state index is 0. The number of allylic oxidation sites excluding steroid dienone is 4. The van der Waals surface area contributed by atoms with E-state index < -0.39 is 0 Å². The average Bonchev–Trinajstić information content (AvgIpc) is 2.71. The molecule has 0 spiro atoms. The molecule has 2 rings (SSSR count). The van der Waals surface area contributed by atoms with Crippen molar-refractivity contribution in [1.82, 2.24) is 0 Å². The second-order valence-corrected chi connectivity index (χ2v) is 15.1. The first kappa shape index (κ1) is 37.4. The highest BCUT2D eigenvalue weighted by Gasteiger charge is 2.33. The van der Waals surface area contributed by atoms with Crippen LogP contribution in [0.3, 0.4) is 0 Å². The van der Waals surface area contributed by atoms with Crippen molar-refractivity contribution in [3.8, 4) is 0 Å². The summed E-state index contributed by atoms with van der Waals surface area (Å²) in [7, 11) is 9.90. The van der Waals surface area contributed by atoms with Crippen LogP contribution in [0.5, 0.6) is 0 Å². The van der Waals surface area contributed by atoms with Crippen molar-refractivity contribution in [3.05, 3.63) is 22.3 Å². The first-order chi connectivity index (χ1) is 16.0. The smallest absolute Gasteiger partial charge is 0.0860 e. The van der Waals surface area contributed by atoms with Crippen molar-refractivity contribution in [3.63, 3.8) is 0 Å². The molecule has 4 heteroatoms. The highest BCUT2D eigenvalue weighted by atomic mass is 79.9. The summed E-state index contributed by atoms with van der Waals surface area (Å²) in [5.41, 5.74) is 7.75. The second-order valence-electron chi connectivity index (χ2n) is 15.1. The van der Waals surface area contributed by atoms with Crippen LogP contribution >= 0.6 is 0 Å². The normalized spacial score (nSPS) is 21.7. The number of rotatable bonds is 12. The second kappa shape index (κ2) is 14.8. The predicted octanol–water partition coefficient (Wildman–Crippen LogP) is 2.93. The molecule has 2 nitrogen and oxygen atoms in total. The lowest BCUT2D eigenvalue weighted by atomic mass is 9.71. The Bertz CT molecular complexity index is 709. The lowest BCUT2D eigenvalue weighted by molar-refractivity contribution is -0.931. The third-order valence-corrected chi connectivity index (χ3v) is 10.9. The predicted molar refractivity (Wildman–Crippen MR) is 157 cm³/mol. The third-order valence-electron chi connectivity index (χ3n) is 10.9. The summed E-state index contributed by atoms with van der Waals surface area (Å²) in [6.45, 7) is 22.3.